The van der Waals surface area contributed by atoms with Gasteiger partial charge in [0.05, 0.1) is 0 Å². The minimum atomic E-state index is -1.20. The Balaban J connectivity index is 3.15. The summed E-state index contributed by atoms with van der Waals surface area (Å²) < 4.78 is 5.43. The van der Waals surface area contributed by atoms with Gasteiger partial charge in [-0.25, -0.2) is 4.79 Å². The Labute approximate surface area is 89.7 Å². The SMILES string of the molecule is CCOC(CC)(C(=O)O)c1ccccc1. The van der Waals surface area contributed by atoms with Gasteiger partial charge in [0.15, 0.2) is 5.60 Å². The van der Waals surface area contributed by atoms with E-state index in [1.165, 1.54) is 0 Å². The van der Waals surface area contributed by atoms with Crippen LogP contribution in [-0.2, 0) is 15.1 Å². The Morgan fingerprint density at radius 3 is 2.33 bits per heavy atom. The predicted octanol–water partition coefficient (Wildman–Crippen LogP) is 2.41. The molecule has 0 saturated carbocycles. The van der Waals surface area contributed by atoms with E-state index in [1.807, 2.05) is 25.1 Å². The zero-order chi connectivity index (χ0) is 11.3. The molecular formula is C12H16O3. The van der Waals surface area contributed by atoms with Crippen LogP contribution in [0.25, 0.3) is 0 Å². The van der Waals surface area contributed by atoms with Crippen LogP contribution in [0.5, 0.6) is 0 Å². The molecule has 0 spiro atoms. The molecule has 1 aromatic carbocycles. The van der Waals surface area contributed by atoms with Crippen molar-refractivity contribution in [3.05, 3.63) is 35.9 Å². The fourth-order valence-electron chi connectivity index (χ4n) is 1.68. The molecule has 3 heteroatoms. The predicted molar refractivity (Wildman–Crippen MR) is 57.7 cm³/mol. The molecule has 0 bridgehead atoms. The lowest BCUT2D eigenvalue weighted by Crippen LogP contribution is -2.38. The number of ether oxygens (including phenoxy) is 1. The van der Waals surface area contributed by atoms with Crippen LogP contribution < -0.4 is 0 Å². The number of hydrogen-bond acceptors (Lipinski definition) is 2. The first kappa shape index (κ1) is 11.7. The minimum absolute atomic E-state index is 0.384. The van der Waals surface area contributed by atoms with Gasteiger partial charge in [-0.15, -0.1) is 0 Å². The van der Waals surface area contributed by atoms with Crippen LogP contribution >= 0.6 is 0 Å². The lowest BCUT2D eigenvalue weighted by molar-refractivity contribution is -0.167. The summed E-state index contributed by atoms with van der Waals surface area (Å²) in [5.41, 5.74) is -0.502. The molecule has 0 aliphatic heterocycles. The molecule has 1 N–H and O–H groups in total. The highest BCUT2D eigenvalue weighted by atomic mass is 16.5. The quantitative estimate of drug-likeness (QED) is 0.808. The molecule has 1 rings (SSSR count). The third-order valence-corrected chi connectivity index (χ3v) is 2.47. The molecule has 0 aliphatic carbocycles. The van der Waals surface area contributed by atoms with Gasteiger partial charge < -0.3 is 9.84 Å². The Hall–Kier alpha value is -1.35. The van der Waals surface area contributed by atoms with Crippen LogP contribution in [0.1, 0.15) is 25.8 Å². The highest BCUT2D eigenvalue weighted by Gasteiger charge is 2.39. The number of carboxylic acids is 1. The second-order valence-corrected chi connectivity index (χ2v) is 3.28. The highest BCUT2D eigenvalue weighted by molar-refractivity contribution is 5.79. The monoisotopic (exact) mass is 208 g/mol. The first-order chi connectivity index (χ1) is 7.17. The van der Waals surface area contributed by atoms with Crippen molar-refractivity contribution in [1.82, 2.24) is 0 Å². The van der Waals surface area contributed by atoms with E-state index in [0.717, 1.165) is 0 Å². The van der Waals surface area contributed by atoms with Crippen LogP contribution in [0.4, 0.5) is 0 Å². The zero-order valence-corrected chi connectivity index (χ0v) is 9.06. The summed E-state index contributed by atoms with van der Waals surface area (Å²) in [6.45, 7) is 4.00. The van der Waals surface area contributed by atoms with E-state index in [1.54, 1.807) is 19.1 Å². The van der Waals surface area contributed by atoms with Gasteiger partial charge in [0.1, 0.15) is 0 Å². The van der Waals surface area contributed by atoms with E-state index in [0.29, 0.717) is 18.6 Å². The number of carbonyl (C=O) groups is 1. The summed E-state index contributed by atoms with van der Waals surface area (Å²) in [5.74, 6) is -0.932. The minimum Gasteiger partial charge on any atom is -0.479 e. The van der Waals surface area contributed by atoms with Crippen molar-refractivity contribution in [2.45, 2.75) is 25.9 Å². The van der Waals surface area contributed by atoms with Gasteiger partial charge in [-0.3, -0.25) is 0 Å². The Bertz CT molecular complexity index is 321. The van der Waals surface area contributed by atoms with Gasteiger partial charge in [0.2, 0.25) is 0 Å². The van der Waals surface area contributed by atoms with Crippen LogP contribution in [0, 0.1) is 0 Å². The van der Waals surface area contributed by atoms with Gasteiger partial charge in [-0.05, 0) is 18.9 Å². The summed E-state index contributed by atoms with van der Waals surface area (Å²) in [5, 5.41) is 9.28. The molecular weight excluding hydrogens is 192 g/mol. The molecule has 82 valence electrons. The van der Waals surface area contributed by atoms with E-state index in [9.17, 15) is 9.90 Å². The molecule has 15 heavy (non-hydrogen) atoms. The summed E-state index contributed by atoms with van der Waals surface area (Å²) in [6, 6.07) is 9.07. The Morgan fingerprint density at radius 1 is 1.33 bits per heavy atom. The second-order valence-electron chi connectivity index (χ2n) is 3.28. The maximum absolute atomic E-state index is 11.3. The van der Waals surface area contributed by atoms with Crippen LogP contribution in [0.15, 0.2) is 30.3 Å². The van der Waals surface area contributed by atoms with Crippen molar-refractivity contribution < 1.29 is 14.6 Å². The van der Waals surface area contributed by atoms with Crippen LogP contribution in [-0.4, -0.2) is 17.7 Å². The number of hydrogen-bond donors (Lipinski definition) is 1. The number of carboxylic acid groups (broad SMARTS) is 1. The van der Waals surface area contributed by atoms with Gasteiger partial charge in [0.25, 0.3) is 0 Å². The summed E-state index contributed by atoms with van der Waals surface area (Å²) >= 11 is 0. The maximum Gasteiger partial charge on any atom is 0.340 e. The maximum atomic E-state index is 11.3. The largest absolute Gasteiger partial charge is 0.479 e. The number of benzene rings is 1. The van der Waals surface area contributed by atoms with E-state index in [4.69, 9.17) is 4.74 Å². The summed E-state index contributed by atoms with van der Waals surface area (Å²) in [6.07, 6.45) is 0.417. The normalized spacial score (nSPS) is 14.5. The molecule has 1 atom stereocenters. The van der Waals surface area contributed by atoms with Crippen LogP contribution in [0.2, 0.25) is 0 Å². The Morgan fingerprint density at radius 2 is 1.93 bits per heavy atom. The molecule has 0 aliphatic rings. The van der Waals surface area contributed by atoms with Crippen LogP contribution in [0.3, 0.4) is 0 Å². The molecule has 0 radical (unpaired) electrons. The number of aliphatic carboxylic acids is 1. The van der Waals surface area contributed by atoms with Gasteiger partial charge >= 0.3 is 5.97 Å². The van der Waals surface area contributed by atoms with E-state index in [2.05, 4.69) is 0 Å². The zero-order valence-electron chi connectivity index (χ0n) is 9.06. The summed E-state index contributed by atoms with van der Waals surface area (Å²) in [4.78, 5) is 11.3. The standard InChI is InChI=1S/C12H16O3/c1-3-12(11(13)14,15-4-2)10-8-6-5-7-9-10/h5-9H,3-4H2,1-2H3,(H,13,14). The van der Waals surface area contributed by atoms with Crippen molar-refractivity contribution >= 4 is 5.97 Å². The molecule has 1 unspecified atom stereocenters. The summed E-state index contributed by atoms with van der Waals surface area (Å²) in [7, 11) is 0. The smallest absolute Gasteiger partial charge is 0.340 e. The molecule has 1 aromatic rings. The fourth-order valence-corrected chi connectivity index (χ4v) is 1.68. The lowest BCUT2D eigenvalue weighted by Gasteiger charge is -2.28. The average molecular weight is 208 g/mol. The van der Waals surface area contributed by atoms with Gasteiger partial charge in [-0.2, -0.15) is 0 Å². The third kappa shape index (κ3) is 2.18. The van der Waals surface area contributed by atoms with Crippen molar-refractivity contribution in [3.8, 4) is 0 Å². The molecule has 0 amide bonds. The van der Waals surface area contributed by atoms with Gasteiger partial charge in [0, 0.05) is 6.61 Å². The van der Waals surface area contributed by atoms with Crippen molar-refractivity contribution in [2.75, 3.05) is 6.61 Å². The molecule has 3 nitrogen and oxygen atoms in total. The Kier molecular flexibility index (Phi) is 3.86. The third-order valence-electron chi connectivity index (χ3n) is 2.47. The molecule has 0 saturated heterocycles. The average Bonchev–Trinajstić information content (AvgIpc) is 2.26. The van der Waals surface area contributed by atoms with E-state index >= 15 is 0 Å². The number of rotatable bonds is 5. The first-order valence-electron chi connectivity index (χ1n) is 5.10. The van der Waals surface area contributed by atoms with E-state index in [-0.39, 0.29) is 0 Å². The first-order valence-corrected chi connectivity index (χ1v) is 5.10. The van der Waals surface area contributed by atoms with Crippen molar-refractivity contribution in [1.29, 1.82) is 0 Å². The highest BCUT2D eigenvalue weighted by Crippen LogP contribution is 2.29. The molecule has 0 aromatic heterocycles. The van der Waals surface area contributed by atoms with Gasteiger partial charge in [-0.1, -0.05) is 37.3 Å². The topological polar surface area (TPSA) is 46.5 Å². The molecule has 0 fully saturated rings. The molecule has 0 heterocycles. The van der Waals surface area contributed by atoms with E-state index < -0.39 is 11.6 Å². The lowest BCUT2D eigenvalue weighted by atomic mass is 9.91. The fraction of sp³-hybridized carbons (Fsp3) is 0.417. The van der Waals surface area contributed by atoms with Crippen molar-refractivity contribution in [3.63, 3.8) is 0 Å². The van der Waals surface area contributed by atoms with Crippen molar-refractivity contribution in [2.24, 2.45) is 0 Å². The second kappa shape index (κ2) is 4.94.